The van der Waals surface area contributed by atoms with Gasteiger partial charge in [-0.25, -0.2) is 4.39 Å². The highest BCUT2D eigenvalue weighted by molar-refractivity contribution is 7.80. The van der Waals surface area contributed by atoms with Crippen LogP contribution in [0.3, 0.4) is 0 Å². The standard InChI is InChI=1S/C18H16FN3OS/c1-11(16-10-17(23-22-16)21-18(20)24)13-7-8-14(15(19)9-13)12-5-3-2-4-6-12/h2-11H,1H3,(H3,20,21,24). The highest BCUT2D eigenvalue weighted by Crippen LogP contribution is 2.29. The molecule has 122 valence electrons. The van der Waals surface area contributed by atoms with E-state index in [1.54, 1.807) is 12.1 Å². The van der Waals surface area contributed by atoms with Gasteiger partial charge in [0.15, 0.2) is 5.11 Å². The van der Waals surface area contributed by atoms with Gasteiger partial charge in [-0.05, 0) is 29.4 Å². The second kappa shape index (κ2) is 6.80. The van der Waals surface area contributed by atoms with Crippen molar-refractivity contribution in [1.29, 1.82) is 0 Å². The monoisotopic (exact) mass is 341 g/mol. The van der Waals surface area contributed by atoms with Crippen LogP contribution in [-0.2, 0) is 0 Å². The lowest BCUT2D eigenvalue weighted by Crippen LogP contribution is -2.18. The van der Waals surface area contributed by atoms with E-state index in [1.807, 2.05) is 43.3 Å². The number of nitrogens with two attached hydrogens (primary N) is 1. The molecule has 0 spiro atoms. The third-order valence-electron chi connectivity index (χ3n) is 3.80. The maximum Gasteiger partial charge on any atom is 0.231 e. The molecule has 0 aliphatic rings. The largest absolute Gasteiger partial charge is 0.376 e. The molecule has 0 fully saturated rings. The normalized spacial score (nSPS) is 11.9. The molecule has 0 aliphatic carbocycles. The first-order valence-electron chi connectivity index (χ1n) is 7.42. The van der Waals surface area contributed by atoms with Gasteiger partial charge in [0.25, 0.3) is 0 Å². The Labute approximate surface area is 144 Å². The number of rotatable bonds is 4. The number of aromatic nitrogens is 1. The molecule has 0 amide bonds. The average molecular weight is 341 g/mol. The Bertz CT molecular complexity index is 864. The van der Waals surface area contributed by atoms with Gasteiger partial charge >= 0.3 is 0 Å². The first-order chi connectivity index (χ1) is 11.5. The van der Waals surface area contributed by atoms with Crippen LogP contribution >= 0.6 is 12.2 Å². The second-order valence-electron chi connectivity index (χ2n) is 5.43. The van der Waals surface area contributed by atoms with E-state index in [4.69, 9.17) is 22.5 Å². The zero-order valence-electron chi connectivity index (χ0n) is 13.0. The molecule has 1 atom stereocenters. The van der Waals surface area contributed by atoms with Gasteiger partial charge in [0.1, 0.15) is 5.82 Å². The SMILES string of the molecule is CC(c1ccc(-c2ccccc2)c(F)c1)c1cc(NC(N)=S)on1. The van der Waals surface area contributed by atoms with Crippen LogP contribution in [-0.4, -0.2) is 10.3 Å². The summed E-state index contributed by atoms with van der Waals surface area (Å²) in [5.74, 6) is -0.0313. The van der Waals surface area contributed by atoms with Gasteiger partial charge in [0.05, 0.1) is 5.69 Å². The minimum Gasteiger partial charge on any atom is -0.376 e. The molecule has 4 nitrogen and oxygen atoms in total. The molecule has 3 N–H and O–H groups in total. The maximum absolute atomic E-state index is 14.5. The van der Waals surface area contributed by atoms with Gasteiger partial charge in [-0.15, -0.1) is 0 Å². The van der Waals surface area contributed by atoms with Gasteiger partial charge in [0.2, 0.25) is 5.88 Å². The first-order valence-corrected chi connectivity index (χ1v) is 7.83. The number of nitrogens with one attached hydrogen (secondary N) is 1. The highest BCUT2D eigenvalue weighted by atomic mass is 32.1. The van der Waals surface area contributed by atoms with Crippen LogP contribution in [0.2, 0.25) is 0 Å². The van der Waals surface area contributed by atoms with Crippen molar-refractivity contribution in [2.45, 2.75) is 12.8 Å². The highest BCUT2D eigenvalue weighted by Gasteiger charge is 2.16. The minimum absolute atomic E-state index is 0.101. The quantitative estimate of drug-likeness (QED) is 0.693. The molecule has 0 radical (unpaired) electrons. The molecular formula is C18H16FN3OS. The molecule has 3 rings (SSSR count). The number of hydrogen-bond acceptors (Lipinski definition) is 3. The van der Waals surface area contributed by atoms with Crippen molar-refractivity contribution in [1.82, 2.24) is 5.16 Å². The number of thiocarbonyl (C=S) groups is 1. The van der Waals surface area contributed by atoms with E-state index in [0.29, 0.717) is 17.1 Å². The molecule has 2 aromatic carbocycles. The average Bonchev–Trinajstić information content (AvgIpc) is 3.02. The Balaban J connectivity index is 1.86. The van der Waals surface area contributed by atoms with Gasteiger partial charge < -0.3 is 15.6 Å². The first kappa shape index (κ1) is 16.1. The number of anilines is 1. The van der Waals surface area contributed by atoms with Crippen molar-refractivity contribution >= 4 is 23.2 Å². The topological polar surface area (TPSA) is 64.1 Å². The van der Waals surface area contributed by atoms with Gasteiger partial charge in [-0.3, -0.25) is 0 Å². The third-order valence-corrected chi connectivity index (χ3v) is 3.90. The fourth-order valence-electron chi connectivity index (χ4n) is 2.50. The van der Waals surface area contributed by atoms with E-state index in [-0.39, 0.29) is 16.8 Å². The Morgan fingerprint density at radius 3 is 2.62 bits per heavy atom. The molecule has 6 heteroatoms. The lowest BCUT2D eigenvalue weighted by Gasteiger charge is -2.11. The summed E-state index contributed by atoms with van der Waals surface area (Å²) in [6.45, 7) is 1.93. The van der Waals surface area contributed by atoms with Crippen LogP contribution in [0.25, 0.3) is 11.1 Å². The van der Waals surface area contributed by atoms with E-state index in [0.717, 1.165) is 11.1 Å². The van der Waals surface area contributed by atoms with Crippen molar-refractivity contribution in [2.24, 2.45) is 5.73 Å². The molecule has 1 aromatic heterocycles. The third kappa shape index (κ3) is 3.44. The van der Waals surface area contributed by atoms with Crippen LogP contribution in [0, 0.1) is 5.82 Å². The number of benzene rings is 2. The lowest BCUT2D eigenvalue weighted by molar-refractivity contribution is 0.424. The van der Waals surface area contributed by atoms with Gasteiger partial charge in [0, 0.05) is 17.5 Å². The van der Waals surface area contributed by atoms with Crippen LogP contribution < -0.4 is 11.1 Å². The predicted octanol–water partition coefficient (Wildman–Crippen LogP) is 4.29. The summed E-state index contributed by atoms with van der Waals surface area (Å²) in [7, 11) is 0. The van der Waals surface area contributed by atoms with Crippen LogP contribution in [0.15, 0.2) is 59.1 Å². The smallest absolute Gasteiger partial charge is 0.231 e. The van der Waals surface area contributed by atoms with Crippen LogP contribution in [0.4, 0.5) is 10.3 Å². The fraction of sp³-hybridized carbons (Fsp3) is 0.111. The Kier molecular flexibility index (Phi) is 4.57. The van der Waals surface area contributed by atoms with E-state index in [9.17, 15) is 4.39 Å². The molecule has 0 saturated heterocycles. The van der Waals surface area contributed by atoms with Crippen molar-refractivity contribution < 1.29 is 8.91 Å². The summed E-state index contributed by atoms with van der Waals surface area (Å²) in [5, 5.41) is 6.76. The summed E-state index contributed by atoms with van der Waals surface area (Å²) in [6.07, 6.45) is 0. The Hall–Kier alpha value is -2.73. The molecule has 0 aliphatic heterocycles. The van der Waals surface area contributed by atoms with Crippen LogP contribution in [0.1, 0.15) is 24.1 Å². The number of nitrogens with zero attached hydrogens (tertiary/aromatic N) is 1. The maximum atomic E-state index is 14.5. The van der Waals surface area contributed by atoms with Crippen molar-refractivity contribution in [3.05, 3.63) is 71.7 Å². The summed E-state index contributed by atoms with van der Waals surface area (Å²) < 4.78 is 19.6. The summed E-state index contributed by atoms with van der Waals surface area (Å²) in [4.78, 5) is 0. The van der Waals surface area contributed by atoms with Crippen molar-refractivity contribution in [2.75, 3.05) is 5.32 Å². The molecular weight excluding hydrogens is 325 g/mol. The Morgan fingerprint density at radius 2 is 1.96 bits per heavy atom. The zero-order valence-corrected chi connectivity index (χ0v) is 13.8. The molecule has 0 bridgehead atoms. The second-order valence-corrected chi connectivity index (χ2v) is 5.87. The van der Waals surface area contributed by atoms with Crippen molar-refractivity contribution in [3.8, 4) is 11.1 Å². The minimum atomic E-state index is -0.268. The van der Waals surface area contributed by atoms with E-state index < -0.39 is 0 Å². The number of halogens is 1. The van der Waals surface area contributed by atoms with E-state index >= 15 is 0 Å². The van der Waals surface area contributed by atoms with E-state index in [1.165, 1.54) is 6.07 Å². The molecule has 1 heterocycles. The zero-order chi connectivity index (χ0) is 17.1. The predicted molar refractivity (Wildman–Crippen MR) is 96.3 cm³/mol. The fourth-order valence-corrected chi connectivity index (χ4v) is 2.60. The van der Waals surface area contributed by atoms with E-state index in [2.05, 4.69) is 10.5 Å². The molecule has 24 heavy (non-hydrogen) atoms. The summed E-state index contributed by atoms with van der Waals surface area (Å²) in [6, 6.07) is 16.3. The Morgan fingerprint density at radius 1 is 1.21 bits per heavy atom. The van der Waals surface area contributed by atoms with Gasteiger partial charge in [-0.2, -0.15) is 0 Å². The summed E-state index contributed by atoms with van der Waals surface area (Å²) in [5.41, 5.74) is 8.29. The summed E-state index contributed by atoms with van der Waals surface area (Å²) >= 11 is 4.75. The number of hydrogen-bond donors (Lipinski definition) is 2. The molecule has 3 aromatic rings. The molecule has 0 saturated carbocycles. The van der Waals surface area contributed by atoms with Crippen molar-refractivity contribution in [3.63, 3.8) is 0 Å². The lowest BCUT2D eigenvalue weighted by atomic mass is 9.95. The van der Waals surface area contributed by atoms with Gasteiger partial charge in [-0.1, -0.05) is 54.5 Å². The molecule has 1 unspecified atom stereocenters. The van der Waals surface area contributed by atoms with Crippen LogP contribution in [0.5, 0.6) is 0 Å².